The molecular weight excluding hydrogens is 208 g/mol. The number of carboxylic acids is 1. The third-order valence-corrected chi connectivity index (χ3v) is 1.03. The third kappa shape index (κ3) is 22.8. The number of aliphatic carboxylic acids is 1. The van der Waals surface area contributed by atoms with Crippen LogP contribution in [0.15, 0.2) is 30.3 Å². The molecule has 0 aliphatic carbocycles. The summed E-state index contributed by atoms with van der Waals surface area (Å²) in [5.41, 5.74) is 0.965. The summed E-state index contributed by atoms with van der Waals surface area (Å²) < 4.78 is 0. The summed E-state index contributed by atoms with van der Waals surface area (Å²) in [4.78, 5) is 18.4. The number of ketones is 1. The molecule has 0 bridgehead atoms. The van der Waals surface area contributed by atoms with Gasteiger partial charge in [0.05, 0.1) is 6.61 Å². The van der Waals surface area contributed by atoms with Gasteiger partial charge in [-0.1, -0.05) is 30.3 Å². The summed E-state index contributed by atoms with van der Waals surface area (Å²) in [7, 11) is 0. The van der Waals surface area contributed by atoms with Crippen LogP contribution in [0.4, 0.5) is 0 Å². The normalized spacial score (nSPS) is 7.75. The van der Waals surface area contributed by atoms with Crippen LogP contribution in [0.2, 0.25) is 0 Å². The van der Waals surface area contributed by atoms with Crippen molar-refractivity contribution in [1.29, 1.82) is 0 Å². The van der Waals surface area contributed by atoms with Gasteiger partial charge in [-0.25, -0.2) is 0 Å². The number of carbonyl (C=O) groups is 2. The van der Waals surface area contributed by atoms with E-state index in [9.17, 15) is 4.79 Å². The van der Waals surface area contributed by atoms with E-state index in [1.807, 2.05) is 30.3 Å². The van der Waals surface area contributed by atoms with Crippen LogP contribution < -0.4 is 0 Å². The van der Waals surface area contributed by atoms with E-state index < -0.39 is 5.97 Å². The van der Waals surface area contributed by atoms with Crippen molar-refractivity contribution in [3.63, 3.8) is 0 Å². The van der Waals surface area contributed by atoms with Crippen LogP contribution in [0.25, 0.3) is 0 Å². The molecule has 0 atom stereocenters. The van der Waals surface area contributed by atoms with Crippen LogP contribution in [0.1, 0.15) is 26.3 Å². The highest BCUT2D eigenvalue weighted by molar-refractivity contribution is 5.72. The average molecular weight is 226 g/mol. The maximum absolute atomic E-state index is 9.44. The minimum Gasteiger partial charge on any atom is -0.481 e. The number of hydrogen-bond acceptors (Lipinski definition) is 3. The zero-order valence-corrected chi connectivity index (χ0v) is 9.80. The zero-order chi connectivity index (χ0) is 13.0. The SMILES string of the molecule is CC(=O)O.CC(C)=O.OCc1ccccc1. The highest BCUT2D eigenvalue weighted by Gasteiger charge is 1.81. The lowest BCUT2D eigenvalue weighted by Crippen LogP contribution is -1.78. The molecule has 0 aromatic heterocycles. The lowest BCUT2D eigenvalue weighted by molar-refractivity contribution is -0.134. The molecular formula is C12H18O4. The van der Waals surface area contributed by atoms with Crippen LogP contribution in [-0.4, -0.2) is 22.0 Å². The van der Waals surface area contributed by atoms with Gasteiger partial charge in [-0.15, -0.1) is 0 Å². The van der Waals surface area contributed by atoms with Gasteiger partial charge in [0.25, 0.3) is 5.97 Å². The van der Waals surface area contributed by atoms with E-state index in [2.05, 4.69) is 0 Å². The molecule has 0 aliphatic heterocycles. The van der Waals surface area contributed by atoms with Crippen molar-refractivity contribution in [2.45, 2.75) is 27.4 Å². The van der Waals surface area contributed by atoms with Gasteiger partial charge in [0.15, 0.2) is 0 Å². The van der Waals surface area contributed by atoms with Crippen LogP contribution >= 0.6 is 0 Å². The molecule has 0 fully saturated rings. The monoisotopic (exact) mass is 226 g/mol. The number of aliphatic hydroxyl groups excluding tert-OH is 1. The zero-order valence-electron chi connectivity index (χ0n) is 9.80. The number of carbonyl (C=O) groups excluding carboxylic acids is 1. The van der Waals surface area contributed by atoms with E-state index in [1.165, 1.54) is 13.8 Å². The Hall–Kier alpha value is -1.68. The van der Waals surface area contributed by atoms with Crippen LogP contribution in [0.5, 0.6) is 0 Å². The van der Waals surface area contributed by atoms with Gasteiger partial charge in [-0.2, -0.15) is 0 Å². The molecule has 0 radical (unpaired) electrons. The number of carboxylic acid groups (broad SMARTS) is 1. The van der Waals surface area contributed by atoms with E-state index in [4.69, 9.17) is 15.0 Å². The molecule has 4 nitrogen and oxygen atoms in total. The van der Waals surface area contributed by atoms with E-state index >= 15 is 0 Å². The first kappa shape index (κ1) is 16.7. The fourth-order valence-electron chi connectivity index (χ4n) is 0.583. The molecule has 2 N–H and O–H groups in total. The molecule has 1 rings (SSSR count). The highest BCUT2D eigenvalue weighted by atomic mass is 16.4. The summed E-state index contributed by atoms with van der Waals surface area (Å²) in [5, 5.41) is 16.0. The van der Waals surface area contributed by atoms with Crippen LogP contribution in [-0.2, 0) is 16.2 Å². The number of Topliss-reactive ketones (excluding diaryl/α,β-unsaturated/α-hetero) is 1. The summed E-state index contributed by atoms with van der Waals surface area (Å²) in [5.74, 6) is -0.667. The minimum atomic E-state index is -0.833. The number of hydrogen-bond donors (Lipinski definition) is 2. The van der Waals surface area contributed by atoms with Crippen LogP contribution in [0, 0.1) is 0 Å². The maximum atomic E-state index is 9.44. The molecule has 1 aromatic carbocycles. The lowest BCUT2D eigenvalue weighted by atomic mass is 10.2. The maximum Gasteiger partial charge on any atom is 0.300 e. The number of rotatable bonds is 1. The predicted octanol–water partition coefficient (Wildman–Crippen LogP) is 1.87. The fourth-order valence-corrected chi connectivity index (χ4v) is 0.583. The van der Waals surface area contributed by atoms with Gasteiger partial charge in [0.1, 0.15) is 5.78 Å². The molecule has 0 amide bonds. The van der Waals surface area contributed by atoms with Gasteiger partial charge in [0, 0.05) is 6.92 Å². The van der Waals surface area contributed by atoms with Crippen molar-refractivity contribution >= 4 is 11.8 Å². The van der Waals surface area contributed by atoms with Crippen molar-refractivity contribution in [2.24, 2.45) is 0 Å². The Bertz CT molecular complexity index is 273. The smallest absolute Gasteiger partial charge is 0.300 e. The second-order valence-corrected chi connectivity index (χ2v) is 3.07. The summed E-state index contributed by atoms with van der Waals surface area (Å²) in [6, 6.07) is 9.52. The Morgan fingerprint density at radius 2 is 1.38 bits per heavy atom. The Morgan fingerprint density at radius 3 is 1.56 bits per heavy atom. The van der Waals surface area contributed by atoms with E-state index in [-0.39, 0.29) is 12.4 Å². The molecule has 0 heterocycles. The second-order valence-electron chi connectivity index (χ2n) is 3.07. The van der Waals surface area contributed by atoms with Gasteiger partial charge >= 0.3 is 0 Å². The van der Waals surface area contributed by atoms with Crippen molar-refractivity contribution in [1.82, 2.24) is 0 Å². The minimum absolute atomic E-state index is 0.140. The molecule has 0 saturated heterocycles. The number of benzene rings is 1. The Balaban J connectivity index is 0. The molecule has 0 spiro atoms. The lowest BCUT2D eigenvalue weighted by Gasteiger charge is -1.89. The van der Waals surface area contributed by atoms with Crippen molar-refractivity contribution in [3.05, 3.63) is 35.9 Å². The third-order valence-electron chi connectivity index (χ3n) is 1.03. The van der Waals surface area contributed by atoms with Gasteiger partial charge in [-0.3, -0.25) is 4.79 Å². The predicted molar refractivity (Wildman–Crippen MR) is 62.0 cm³/mol. The fraction of sp³-hybridized carbons (Fsp3) is 0.333. The molecule has 0 aliphatic rings. The summed E-state index contributed by atoms with van der Waals surface area (Å²) in [6.07, 6.45) is 0. The highest BCUT2D eigenvalue weighted by Crippen LogP contribution is 1.95. The second kappa shape index (κ2) is 11.4. The first-order valence-electron chi connectivity index (χ1n) is 4.71. The van der Waals surface area contributed by atoms with E-state index in [0.29, 0.717) is 0 Å². The molecule has 0 saturated carbocycles. The van der Waals surface area contributed by atoms with Crippen molar-refractivity contribution < 1.29 is 19.8 Å². The molecule has 0 unspecified atom stereocenters. The molecule has 16 heavy (non-hydrogen) atoms. The van der Waals surface area contributed by atoms with Gasteiger partial charge in [-0.05, 0) is 19.4 Å². The topological polar surface area (TPSA) is 74.6 Å². The Morgan fingerprint density at radius 1 is 1.06 bits per heavy atom. The first-order chi connectivity index (χ1) is 7.40. The van der Waals surface area contributed by atoms with Crippen molar-refractivity contribution in [3.8, 4) is 0 Å². The average Bonchev–Trinajstić information content (AvgIpc) is 2.17. The van der Waals surface area contributed by atoms with Crippen molar-refractivity contribution in [2.75, 3.05) is 0 Å². The van der Waals surface area contributed by atoms with E-state index in [1.54, 1.807) is 0 Å². The molecule has 90 valence electrons. The molecule has 1 aromatic rings. The quantitative estimate of drug-likeness (QED) is 0.766. The van der Waals surface area contributed by atoms with E-state index in [0.717, 1.165) is 12.5 Å². The van der Waals surface area contributed by atoms with Gasteiger partial charge in [0.2, 0.25) is 0 Å². The van der Waals surface area contributed by atoms with Crippen LogP contribution in [0.3, 0.4) is 0 Å². The molecule has 4 heteroatoms. The first-order valence-corrected chi connectivity index (χ1v) is 4.71. The Labute approximate surface area is 95.5 Å². The Kier molecular flexibility index (Phi) is 11.9. The summed E-state index contributed by atoms with van der Waals surface area (Å²) >= 11 is 0. The number of aliphatic hydroxyl groups is 1. The summed E-state index contributed by atoms with van der Waals surface area (Å²) in [6.45, 7) is 4.28. The largest absolute Gasteiger partial charge is 0.481 e. The van der Waals surface area contributed by atoms with Gasteiger partial charge < -0.3 is 15.0 Å². The standard InChI is InChI=1S/C7H8O.C3H6O.C2H4O2/c8-6-7-4-2-1-3-5-7;1-3(2)4;1-2(3)4/h1-5,8H,6H2;1-2H3;1H3,(H,3,4).